The van der Waals surface area contributed by atoms with Gasteiger partial charge in [0.05, 0.1) is 6.54 Å². The van der Waals surface area contributed by atoms with Gasteiger partial charge in [-0.15, -0.1) is 0 Å². The summed E-state index contributed by atoms with van der Waals surface area (Å²) in [6.45, 7) is 1.74. The number of halogens is 2. The molecule has 1 amide bonds. The Kier molecular flexibility index (Phi) is 5.03. The summed E-state index contributed by atoms with van der Waals surface area (Å²) in [7, 11) is 0. The number of piperidine rings is 1. The van der Waals surface area contributed by atoms with Crippen LogP contribution in [0.4, 0.5) is 8.78 Å². The molecule has 0 atom stereocenters. The van der Waals surface area contributed by atoms with Crippen LogP contribution in [0.15, 0.2) is 18.2 Å². The van der Waals surface area contributed by atoms with Crippen LogP contribution in [-0.2, 0) is 11.3 Å². The number of rotatable bonds is 5. The van der Waals surface area contributed by atoms with Gasteiger partial charge in [0, 0.05) is 18.2 Å². The zero-order chi connectivity index (χ0) is 14.5. The van der Waals surface area contributed by atoms with Gasteiger partial charge in [0.2, 0.25) is 5.91 Å². The molecule has 1 aromatic rings. The Morgan fingerprint density at radius 1 is 1.30 bits per heavy atom. The molecule has 0 spiro atoms. The lowest BCUT2D eigenvalue weighted by Crippen LogP contribution is -2.46. The number of nitrogens with one attached hydrogen (secondary N) is 1. The minimum atomic E-state index is -0.589. The summed E-state index contributed by atoms with van der Waals surface area (Å²) in [4.78, 5) is 13.0. The van der Waals surface area contributed by atoms with Crippen molar-refractivity contribution in [2.75, 3.05) is 19.6 Å². The number of nitrogens with zero attached hydrogens (tertiary/aromatic N) is 1. The number of nitrogens with two attached hydrogens (primary N) is 1. The molecule has 6 heteroatoms. The van der Waals surface area contributed by atoms with Crippen LogP contribution in [0.1, 0.15) is 18.4 Å². The summed E-state index contributed by atoms with van der Waals surface area (Å²) in [5, 5.41) is 3.22. The third kappa shape index (κ3) is 3.74. The SMILES string of the molecule is NC(=O)CN(Cc1c(F)cccc1F)C1CCNCC1. The van der Waals surface area contributed by atoms with Crippen molar-refractivity contribution >= 4 is 5.91 Å². The first-order valence-electron chi connectivity index (χ1n) is 6.74. The van der Waals surface area contributed by atoms with E-state index in [0.29, 0.717) is 0 Å². The highest BCUT2D eigenvalue weighted by atomic mass is 19.1. The molecule has 3 N–H and O–H groups in total. The monoisotopic (exact) mass is 283 g/mol. The van der Waals surface area contributed by atoms with Crippen molar-refractivity contribution in [3.05, 3.63) is 35.4 Å². The van der Waals surface area contributed by atoms with Crippen molar-refractivity contribution in [2.45, 2.75) is 25.4 Å². The first-order chi connectivity index (χ1) is 9.58. The summed E-state index contributed by atoms with van der Waals surface area (Å²) >= 11 is 0. The van der Waals surface area contributed by atoms with Crippen molar-refractivity contribution in [3.63, 3.8) is 0 Å². The number of hydrogen-bond acceptors (Lipinski definition) is 3. The lowest BCUT2D eigenvalue weighted by Gasteiger charge is -2.34. The molecule has 0 unspecified atom stereocenters. The second-order valence-corrected chi connectivity index (χ2v) is 5.05. The summed E-state index contributed by atoms with van der Waals surface area (Å²) < 4.78 is 27.4. The Hall–Kier alpha value is -1.53. The molecule has 4 nitrogen and oxygen atoms in total. The maximum atomic E-state index is 13.7. The number of carbonyl (C=O) groups is 1. The van der Waals surface area contributed by atoms with E-state index < -0.39 is 17.5 Å². The van der Waals surface area contributed by atoms with Crippen LogP contribution in [0.3, 0.4) is 0 Å². The maximum absolute atomic E-state index is 13.7. The minimum absolute atomic E-state index is 0.00715. The van der Waals surface area contributed by atoms with E-state index in [1.54, 1.807) is 4.90 Å². The fourth-order valence-electron chi connectivity index (χ4n) is 2.57. The van der Waals surface area contributed by atoms with Crippen LogP contribution in [0.25, 0.3) is 0 Å². The number of benzene rings is 1. The molecule has 1 fully saturated rings. The molecule has 1 saturated heterocycles. The molecule has 1 heterocycles. The van der Waals surface area contributed by atoms with Crippen LogP contribution >= 0.6 is 0 Å². The van der Waals surface area contributed by atoms with Crippen molar-refractivity contribution in [3.8, 4) is 0 Å². The average Bonchev–Trinajstić information content (AvgIpc) is 2.42. The molecule has 1 aliphatic rings. The van der Waals surface area contributed by atoms with Crippen molar-refractivity contribution in [1.82, 2.24) is 10.2 Å². The van der Waals surface area contributed by atoms with Crippen molar-refractivity contribution in [2.24, 2.45) is 5.73 Å². The number of carbonyl (C=O) groups excluding carboxylic acids is 1. The molecule has 0 aromatic heterocycles. The lowest BCUT2D eigenvalue weighted by atomic mass is 10.0. The van der Waals surface area contributed by atoms with Crippen molar-refractivity contribution in [1.29, 1.82) is 0 Å². The van der Waals surface area contributed by atoms with Gasteiger partial charge in [-0.3, -0.25) is 9.69 Å². The van der Waals surface area contributed by atoms with Crippen LogP contribution in [0, 0.1) is 11.6 Å². The zero-order valence-electron chi connectivity index (χ0n) is 11.2. The van der Waals surface area contributed by atoms with Crippen LogP contribution in [0.2, 0.25) is 0 Å². The van der Waals surface area contributed by atoms with E-state index in [4.69, 9.17) is 5.73 Å². The summed E-state index contributed by atoms with van der Waals surface area (Å²) in [5.74, 6) is -1.66. The Bertz CT molecular complexity index is 455. The van der Waals surface area contributed by atoms with E-state index in [1.807, 2.05) is 0 Å². The third-order valence-corrected chi connectivity index (χ3v) is 3.61. The maximum Gasteiger partial charge on any atom is 0.231 e. The van der Waals surface area contributed by atoms with E-state index in [1.165, 1.54) is 18.2 Å². The smallest absolute Gasteiger partial charge is 0.231 e. The molecule has 2 rings (SSSR count). The van der Waals surface area contributed by atoms with Gasteiger partial charge in [-0.05, 0) is 38.1 Å². The fourth-order valence-corrected chi connectivity index (χ4v) is 2.57. The molecule has 1 aromatic carbocycles. The van der Waals surface area contributed by atoms with Crippen molar-refractivity contribution < 1.29 is 13.6 Å². The number of hydrogen-bond donors (Lipinski definition) is 2. The highest BCUT2D eigenvalue weighted by Gasteiger charge is 2.24. The molecular formula is C14H19F2N3O. The predicted octanol–water partition coefficient (Wildman–Crippen LogP) is 1.00. The first-order valence-corrected chi connectivity index (χ1v) is 6.74. The van der Waals surface area contributed by atoms with E-state index >= 15 is 0 Å². The van der Waals surface area contributed by atoms with Gasteiger partial charge in [-0.2, -0.15) is 0 Å². The van der Waals surface area contributed by atoms with Gasteiger partial charge in [0.25, 0.3) is 0 Å². The molecule has 110 valence electrons. The molecule has 20 heavy (non-hydrogen) atoms. The second-order valence-electron chi connectivity index (χ2n) is 5.05. The molecule has 0 aliphatic carbocycles. The van der Waals surface area contributed by atoms with Gasteiger partial charge < -0.3 is 11.1 Å². The van der Waals surface area contributed by atoms with Gasteiger partial charge in [-0.1, -0.05) is 6.07 Å². The van der Waals surface area contributed by atoms with Crippen LogP contribution in [-0.4, -0.2) is 36.5 Å². The normalized spacial score (nSPS) is 16.6. The lowest BCUT2D eigenvalue weighted by molar-refractivity contribution is -0.120. The standard InChI is InChI=1S/C14H19F2N3O/c15-12-2-1-3-13(16)11(12)8-19(9-14(17)20)10-4-6-18-7-5-10/h1-3,10,18H,4-9H2,(H2,17,20). The molecule has 1 aliphatic heterocycles. The predicted molar refractivity (Wildman–Crippen MR) is 71.9 cm³/mol. The molecule has 0 saturated carbocycles. The second kappa shape index (κ2) is 6.76. The fraction of sp³-hybridized carbons (Fsp3) is 0.500. The topological polar surface area (TPSA) is 58.4 Å². The quantitative estimate of drug-likeness (QED) is 0.848. The van der Waals surface area contributed by atoms with E-state index in [0.717, 1.165) is 25.9 Å². The van der Waals surface area contributed by atoms with Crippen LogP contribution < -0.4 is 11.1 Å². The zero-order valence-corrected chi connectivity index (χ0v) is 11.2. The molecule has 0 radical (unpaired) electrons. The molecular weight excluding hydrogens is 264 g/mol. The highest BCUT2D eigenvalue weighted by molar-refractivity contribution is 5.76. The first kappa shape index (κ1) is 14.9. The average molecular weight is 283 g/mol. The summed E-state index contributed by atoms with van der Waals surface area (Å²) in [6, 6.07) is 3.90. The highest BCUT2D eigenvalue weighted by Crippen LogP contribution is 2.19. The summed E-state index contributed by atoms with van der Waals surface area (Å²) in [5.41, 5.74) is 5.24. The number of amides is 1. The third-order valence-electron chi connectivity index (χ3n) is 3.61. The van der Waals surface area contributed by atoms with Gasteiger partial charge in [0.1, 0.15) is 11.6 Å². The van der Waals surface area contributed by atoms with E-state index in [-0.39, 0.29) is 24.7 Å². The Morgan fingerprint density at radius 2 is 1.90 bits per heavy atom. The Morgan fingerprint density at radius 3 is 2.45 bits per heavy atom. The van der Waals surface area contributed by atoms with Gasteiger partial charge >= 0.3 is 0 Å². The molecule has 0 bridgehead atoms. The van der Waals surface area contributed by atoms with E-state index in [9.17, 15) is 13.6 Å². The van der Waals surface area contributed by atoms with Gasteiger partial charge in [0.15, 0.2) is 0 Å². The van der Waals surface area contributed by atoms with Crippen LogP contribution in [0.5, 0.6) is 0 Å². The van der Waals surface area contributed by atoms with Gasteiger partial charge in [-0.25, -0.2) is 8.78 Å². The minimum Gasteiger partial charge on any atom is -0.369 e. The summed E-state index contributed by atoms with van der Waals surface area (Å²) in [6.07, 6.45) is 1.67. The van der Waals surface area contributed by atoms with E-state index in [2.05, 4.69) is 5.32 Å². The Labute approximate surface area is 116 Å². The Balaban J connectivity index is 2.16. The number of primary amides is 1. The largest absolute Gasteiger partial charge is 0.369 e.